The summed E-state index contributed by atoms with van der Waals surface area (Å²) in [6, 6.07) is 4.36. The van der Waals surface area contributed by atoms with Crippen LogP contribution in [0.2, 0.25) is 5.02 Å². The molecule has 0 spiro atoms. The number of nitrogens with zero attached hydrogens (tertiary/aromatic N) is 1. The Balaban J connectivity index is 1.68. The van der Waals surface area contributed by atoms with Gasteiger partial charge in [-0.15, -0.1) is 0 Å². The highest BCUT2D eigenvalue weighted by Gasteiger charge is 2.28. The molecular formula is C19H25ClN2O3S. The monoisotopic (exact) mass is 396 g/mol. The first kappa shape index (κ1) is 19.4. The molecule has 5 nitrogen and oxygen atoms in total. The molecule has 1 aliphatic heterocycles. The summed E-state index contributed by atoms with van der Waals surface area (Å²) in [5.74, 6) is -0.329. The van der Waals surface area contributed by atoms with Gasteiger partial charge in [-0.25, -0.2) is 8.42 Å². The fraction of sp³-hybridized carbons (Fsp3) is 0.526. The Labute approximate surface area is 160 Å². The Hall–Kier alpha value is -1.37. The molecule has 0 bridgehead atoms. The lowest BCUT2D eigenvalue weighted by molar-refractivity contribution is 0.0954. The van der Waals surface area contributed by atoms with Crippen LogP contribution < -0.4 is 5.32 Å². The highest BCUT2D eigenvalue weighted by molar-refractivity contribution is 7.89. The van der Waals surface area contributed by atoms with Gasteiger partial charge in [-0.1, -0.05) is 23.3 Å². The second-order valence-corrected chi connectivity index (χ2v) is 9.21. The van der Waals surface area contributed by atoms with Crippen LogP contribution in [0, 0.1) is 0 Å². The van der Waals surface area contributed by atoms with E-state index in [0.29, 0.717) is 19.6 Å². The van der Waals surface area contributed by atoms with Crippen molar-refractivity contribution in [3.8, 4) is 0 Å². The minimum Gasteiger partial charge on any atom is -0.352 e. The van der Waals surface area contributed by atoms with Gasteiger partial charge in [0.1, 0.15) is 0 Å². The molecule has 2 aliphatic rings. The molecule has 3 rings (SSSR count). The number of hydrogen-bond donors (Lipinski definition) is 1. The third-order valence-corrected chi connectivity index (χ3v) is 7.23. The van der Waals surface area contributed by atoms with E-state index in [1.807, 2.05) is 0 Å². The largest absolute Gasteiger partial charge is 0.352 e. The predicted octanol–water partition coefficient (Wildman–Crippen LogP) is 3.74. The van der Waals surface area contributed by atoms with Gasteiger partial charge in [0.15, 0.2) is 0 Å². The van der Waals surface area contributed by atoms with Crippen molar-refractivity contribution in [2.75, 3.05) is 19.6 Å². The average Bonchev–Trinajstić information content (AvgIpc) is 3.18. The number of halogens is 1. The van der Waals surface area contributed by atoms with Crippen molar-refractivity contribution in [1.82, 2.24) is 9.62 Å². The van der Waals surface area contributed by atoms with Crippen LogP contribution in [-0.2, 0) is 10.0 Å². The Bertz CT molecular complexity index is 799. The molecule has 0 unspecified atom stereocenters. The first-order valence-electron chi connectivity index (χ1n) is 9.24. The van der Waals surface area contributed by atoms with E-state index >= 15 is 0 Å². The van der Waals surface area contributed by atoms with Crippen molar-refractivity contribution in [3.05, 3.63) is 40.4 Å². The molecule has 1 fully saturated rings. The van der Waals surface area contributed by atoms with Crippen LogP contribution in [0.5, 0.6) is 0 Å². The van der Waals surface area contributed by atoms with Gasteiger partial charge in [-0.3, -0.25) is 4.79 Å². The minimum atomic E-state index is -3.56. The molecule has 0 saturated carbocycles. The van der Waals surface area contributed by atoms with Gasteiger partial charge in [-0.2, -0.15) is 4.31 Å². The van der Waals surface area contributed by atoms with Crippen LogP contribution in [0.1, 0.15) is 55.3 Å². The van der Waals surface area contributed by atoms with Crippen LogP contribution in [0.4, 0.5) is 0 Å². The zero-order chi connectivity index (χ0) is 18.6. The summed E-state index contributed by atoms with van der Waals surface area (Å²) >= 11 is 6.15. The van der Waals surface area contributed by atoms with E-state index in [2.05, 4.69) is 11.4 Å². The summed E-state index contributed by atoms with van der Waals surface area (Å²) in [5.41, 5.74) is 1.59. The van der Waals surface area contributed by atoms with E-state index in [0.717, 1.165) is 32.1 Å². The molecule has 1 aromatic rings. The van der Waals surface area contributed by atoms with E-state index < -0.39 is 10.0 Å². The van der Waals surface area contributed by atoms with E-state index in [9.17, 15) is 13.2 Å². The lowest BCUT2D eigenvalue weighted by atomic mass is 9.97. The lowest BCUT2D eigenvalue weighted by Gasteiger charge is -2.17. The number of amides is 1. The maximum Gasteiger partial charge on any atom is 0.252 e. The molecule has 0 radical (unpaired) electrons. The Morgan fingerprint density at radius 1 is 1.15 bits per heavy atom. The number of nitrogens with one attached hydrogen (secondary N) is 1. The van der Waals surface area contributed by atoms with Gasteiger partial charge in [0, 0.05) is 19.6 Å². The van der Waals surface area contributed by atoms with Crippen molar-refractivity contribution in [1.29, 1.82) is 0 Å². The van der Waals surface area contributed by atoms with Crippen LogP contribution in [-0.4, -0.2) is 38.3 Å². The molecule has 1 aliphatic carbocycles. The SMILES string of the molecule is O=C(NCCC1=CCCCC1)c1cc(S(=O)(=O)N2CCCC2)ccc1Cl. The van der Waals surface area contributed by atoms with Crippen LogP contribution >= 0.6 is 11.6 Å². The number of sulfonamides is 1. The number of allylic oxidation sites excluding steroid dienone is 1. The van der Waals surface area contributed by atoms with Gasteiger partial charge in [-0.05, 0) is 63.1 Å². The van der Waals surface area contributed by atoms with Gasteiger partial charge < -0.3 is 5.32 Å². The van der Waals surface area contributed by atoms with Gasteiger partial charge in [0.2, 0.25) is 10.0 Å². The highest BCUT2D eigenvalue weighted by atomic mass is 35.5. The second-order valence-electron chi connectivity index (χ2n) is 6.87. The molecule has 1 saturated heterocycles. The molecule has 26 heavy (non-hydrogen) atoms. The van der Waals surface area contributed by atoms with Gasteiger partial charge in [0.05, 0.1) is 15.5 Å². The first-order chi connectivity index (χ1) is 12.5. The summed E-state index contributed by atoms with van der Waals surface area (Å²) in [7, 11) is -3.56. The lowest BCUT2D eigenvalue weighted by Crippen LogP contribution is -2.29. The van der Waals surface area contributed by atoms with Crippen LogP contribution in [0.15, 0.2) is 34.7 Å². The third kappa shape index (κ3) is 4.48. The predicted molar refractivity (Wildman–Crippen MR) is 103 cm³/mol. The van der Waals surface area contributed by atoms with Crippen molar-refractivity contribution in [3.63, 3.8) is 0 Å². The summed E-state index contributed by atoms with van der Waals surface area (Å²) < 4.78 is 26.8. The molecule has 1 N–H and O–H groups in total. The summed E-state index contributed by atoms with van der Waals surface area (Å²) in [5, 5.41) is 3.13. The fourth-order valence-corrected chi connectivity index (χ4v) is 5.23. The van der Waals surface area contributed by atoms with E-state index in [1.54, 1.807) is 0 Å². The standard InChI is InChI=1S/C19H25ClN2O3S/c20-18-9-8-16(26(24,25)22-12-4-5-13-22)14-17(18)19(23)21-11-10-15-6-2-1-3-7-15/h6,8-9,14H,1-5,7,10-13H2,(H,21,23). The fourth-order valence-electron chi connectivity index (χ4n) is 3.48. The molecule has 142 valence electrons. The van der Waals surface area contributed by atoms with Crippen molar-refractivity contribution < 1.29 is 13.2 Å². The maximum absolute atomic E-state index is 12.7. The maximum atomic E-state index is 12.7. The zero-order valence-electron chi connectivity index (χ0n) is 14.8. The molecule has 1 aromatic carbocycles. The molecule has 0 aromatic heterocycles. The van der Waals surface area contributed by atoms with Crippen molar-refractivity contribution >= 4 is 27.5 Å². The Kier molecular flexibility index (Phi) is 6.37. The quantitative estimate of drug-likeness (QED) is 0.744. The molecule has 1 amide bonds. The first-order valence-corrected chi connectivity index (χ1v) is 11.1. The normalized spacial score (nSPS) is 18.6. The van der Waals surface area contributed by atoms with E-state index in [-0.39, 0.29) is 21.4 Å². The van der Waals surface area contributed by atoms with E-state index in [4.69, 9.17) is 11.6 Å². The number of benzene rings is 1. The summed E-state index contributed by atoms with van der Waals surface area (Å²) in [6.07, 6.45) is 9.49. The topological polar surface area (TPSA) is 66.5 Å². The Morgan fingerprint density at radius 3 is 2.62 bits per heavy atom. The van der Waals surface area contributed by atoms with Gasteiger partial charge >= 0.3 is 0 Å². The van der Waals surface area contributed by atoms with Crippen molar-refractivity contribution in [2.45, 2.75) is 49.8 Å². The molecule has 7 heteroatoms. The smallest absolute Gasteiger partial charge is 0.252 e. The average molecular weight is 397 g/mol. The van der Waals surface area contributed by atoms with Crippen LogP contribution in [0.25, 0.3) is 0 Å². The highest BCUT2D eigenvalue weighted by Crippen LogP contribution is 2.25. The van der Waals surface area contributed by atoms with Crippen molar-refractivity contribution in [2.24, 2.45) is 0 Å². The number of carbonyl (C=O) groups is 1. The molecule has 1 heterocycles. The minimum absolute atomic E-state index is 0.129. The van der Waals surface area contributed by atoms with Gasteiger partial charge in [0.25, 0.3) is 5.91 Å². The van der Waals surface area contributed by atoms with E-state index in [1.165, 1.54) is 40.9 Å². The molecular weight excluding hydrogens is 372 g/mol. The zero-order valence-corrected chi connectivity index (χ0v) is 16.4. The summed E-state index contributed by atoms with van der Waals surface area (Å²) in [4.78, 5) is 12.6. The summed E-state index contributed by atoms with van der Waals surface area (Å²) in [6.45, 7) is 1.59. The Morgan fingerprint density at radius 2 is 1.92 bits per heavy atom. The number of hydrogen-bond acceptors (Lipinski definition) is 3. The van der Waals surface area contributed by atoms with Crippen LogP contribution in [0.3, 0.4) is 0 Å². The number of rotatable bonds is 6. The number of carbonyl (C=O) groups excluding carboxylic acids is 1. The molecule has 0 atom stereocenters. The second kappa shape index (κ2) is 8.55. The third-order valence-electron chi connectivity index (χ3n) is 5.00.